The average Bonchev–Trinajstić information content (AvgIpc) is 3.25. The van der Waals surface area contributed by atoms with Gasteiger partial charge in [-0.3, -0.25) is 9.88 Å². The number of halogens is 1. The van der Waals surface area contributed by atoms with Crippen molar-refractivity contribution < 1.29 is 0 Å². The summed E-state index contributed by atoms with van der Waals surface area (Å²) in [5.74, 6) is 0.874. The third-order valence-corrected chi connectivity index (χ3v) is 5.24. The Bertz CT molecular complexity index is 493. The second kappa shape index (κ2) is 5.86. The molecule has 0 amide bonds. The first-order valence-corrected chi connectivity index (χ1v) is 8.39. The molecule has 1 aromatic rings. The molecule has 0 spiro atoms. The second-order valence-electron chi connectivity index (χ2n) is 7.63. The molecule has 2 aliphatic rings. The van der Waals surface area contributed by atoms with Crippen molar-refractivity contribution >= 4 is 11.6 Å². The van der Waals surface area contributed by atoms with Crippen LogP contribution in [0, 0.1) is 11.3 Å². The summed E-state index contributed by atoms with van der Waals surface area (Å²) in [4.78, 5) is 6.74. The van der Waals surface area contributed by atoms with Crippen LogP contribution in [0.1, 0.15) is 39.2 Å². The van der Waals surface area contributed by atoms with Gasteiger partial charge in [-0.2, -0.15) is 0 Å². The fourth-order valence-corrected chi connectivity index (χ4v) is 3.46. The molecule has 1 aliphatic carbocycles. The Morgan fingerprint density at radius 3 is 2.76 bits per heavy atom. The van der Waals surface area contributed by atoms with E-state index < -0.39 is 0 Å². The molecule has 3 rings (SSSR count). The van der Waals surface area contributed by atoms with E-state index in [0.717, 1.165) is 30.6 Å². The third kappa shape index (κ3) is 3.58. The number of nitrogens with one attached hydrogen (secondary N) is 1. The number of hydrogen-bond acceptors (Lipinski definition) is 3. The summed E-state index contributed by atoms with van der Waals surface area (Å²) in [5, 5.41) is 4.56. The molecule has 1 N–H and O–H groups in total. The normalized spacial score (nSPS) is 27.8. The van der Waals surface area contributed by atoms with Crippen LogP contribution in [-0.2, 0) is 6.54 Å². The number of nitrogens with zero attached hydrogens (tertiary/aromatic N) is 2. The van der Waals surface area contributed by atoms with Crippen LogP contribution in [0.15, 0.2) is 18.5 Å². The summed E-state index contributed by atoms with van der Waals surface area (Å²) >= 11 is 6.31. The lowest BCUT2D eigenvalue weighted by atomic mass is 9.84. The SMILES string of the molecule is CC(C)(C)C1CN(Cc2ccncc2Cl)C(C2CC2)CN1. The van der Waals surface area contributed by atoms with Crippen molar-refractivity contribution in [3.05, 3.63) is 29.0 Å². The zero-order valence-electron chi connectivity index (χ0n) is 13.3. The first kappa shape index (κ1) is 15.3. The van der Waals surface area contributed by atoms with E-state index in [2.05, 4.69) is 42.0 Å². The van der Waals surface area contributed by atoms with E-state index in [1.165, 1.54) is 18.4 Å². The molecular weight excluding hydrogens is 282 g/mol. The van der Waals surface area contributed by atoms with Gasteiger partial charge in [0.15, 0.2) is 0 Å². The summed E-state index contributed by atoms with van der Waals surface area (Å²) < 4.78 is 0. The van der Waals surface area contributed by atoms with Gasteiger partial charge in [0.1, 0.15) is 0 Å². The number of pyridine rings is 1. The Balaban J connectivity index is 1.76. The predicted molar refractivity (Wildman–Crippen MR) is 87.4 cm³/mol. The molecule has 2 heterocycles. The quantitative estimate of drug-likeness (QED) is 0.928. The molecule has 1 aromatic heterocycles. The molecule has 1 saturated carbocycles. The van der Waals surface area contributed by atoms with Gasteiger partial charge in [0, 0.05) is 44.1 Å². The van der Waals surface area contributed by atoms with Gasteiger partial charge in [-0.05, 0) is 35.8 Å². The van der Waals surface area contributed by atoms with Crippen molar-refractivity contribution in [2.45, 2.75) is 52.2 Å². The Labute approximate surface area is 133 Å². The molecule has 0 bridgehead atoms. The smallest absolute Gasteiger partial charge is 0.0634 e. The number of rotatable bonds is 3. The maximum atomic E-state index is 6.31. The Morgan fingerprint density at radius 2 is 2.14 bits per heavy atom. The molecule has 0 radical (unpaired) electrons. The average molecular weight is 308 g/mol. The first-order valence-electron chi connectivity index (χ1n) is 8.01. The number of piperazine rings is 1. The molecule has 116 valence electrons. The van der Waals surface area contributed by atoms with Crippen LogP contribution in [0.4, 0.5) is 0 Å². The maximum absolute atomic E-state index is 6.31. The minimum Gasteiger partial charge on any atom is -0.311 e. The third-order valence-electron chi connectivity index (χ3n) is 4.90. The Hall–Kier alpha value is -0.640. The topological polar surface area (TPSA) is 28.2 Å². The van der Waals surface area contributed by atoms with Gasteiger partial charge in [0.05, 0.1) is 5.02 Å². The maximum Gasteiger partial charge on any atom is 0.0634 e. The van der Waals surface area contributed by atoms with Gasteiger partial charge in [-0.25, -0.2) is 0 Å². The fraction of sp³-hybridized carbons (Fsp3) is 0.706. The molecular formula is C17H26ClN3. The van der Waals surface area contributed by atoms with Crippen LogP contribution in [0.25, 0.3) is 0 Å². The van der Waals surface area contributed by atoms with Crippen LogP contribution in [0.5, 0.6) is 0 Å². The predicted octanol–water partition coefficient (Wildman–Crippen LogP) is 3.33. The molecule has 2 unspecified atom stereocenters. The van der Waals surface area contributed by atoms with E-state index in [0.29, 0.717) is 12.1 Å². The lowest BCUT2D eigenvalue weighted by Crippen LogP contribution is -2.60. The zero-order chi connectivity index (χ0) is 15.0. The van der Waals surface area contributed by atoms with E-state index in [4.69, 9.17) is 11.6 Å². The van der Waals surface area contributed by atoms with E-state index in [1.807, 2.05) is 6.20 Å². The fourth-order valence-electron chi connectivity index (χ4n) is 3.29. The number of aromatic nitrogens is 1. The molecule has 2 atom stereocenters. The number of hydrogen-bond donors (Lipinski definition) is 1. The van der Waals surface area contributed by atoms with Gasteiger partial charge in [-0.1, -0.05) is 32.4 Å². The molecule has 3 nitrogen and oxygen atoms in total. The Kier molecular flexibility index (Phi) is 4.26. The van der Waals surface area contributed by atoms with Crippen molar-refractivity contribution in [3.63, 3.8) is 0 Å². The van der Waals surface area contributed by atoms with Gasteiger partial charge < -0.3 is 5.32 Å². The van der Waals surface area contributed by atoms with Crippen LogP contribution in [-0.4, -0.2) is 35.1 Å². The summed E-state index contributed by atoms with van der Waals surface area (Å²) in [6.45, 7) is 10.1. The highest BCUT2D eigenvalue weighted by Gasteiger charge is 2.41. The lowest BCUT2D eigenvalue weighted by molar-refractivity contribution is 0.0689. The van der Waals surface area contributed by atoms with Crippen molar-refractivity contribution in [2.24, 2.45) is 11.3 Å². The van der Waals surface area contributed by atoms with Gasteiger partial charge in [0.25, 0.3) is 0 Å². The van der Waals surface area contributed by atoms with E-state index in [9.17, 15) is 0 Å². The standard InChI is InChI=1S/C17H26ClN3/c1-17(2,3)16-11-21(15(9-20-16)12-4-5-12)10-13-6-7-19-8-14(13)18/h6-8,12,15-16,20H,4-5,9-11H2,1-3H3. The van der Waals surface area contributed by atoms with E-state index in [-0.39, 0.29) is 5.41 Å². The molecule has 1 saturated heterocycles. The molecule has 21 heavy (non-hydrogen) atoms. The van der Waals surface area contributed by atoms with Gasteiger partial charge >= 0.3 is 0 Å². The highest BCUT2D eigenvalue weighted by molar-refractivity contribution is 6.31. The summed E-state index contributed by atoms with van der Waals surface area (Å²) in [7, 11) is 0. The van der Waals surface area contributed by atoms with Crippen molar-refractivity contribution in [3.8, 4) is 0 Å². The summed E-state index contributed by atoms with van der Waals surface area (Å²) in [5.41, 5.74) is 1.49. The lowest BCUT2D eigenvalue weighted by Gasteiger charge is -2.45. The van der Waals surface area contributed by atoms with Crippen LogP contribution < -0.4 is 5.32 Å². The van der Waals surface area contributed by atoms with Crippen LogP contribution in [0.2, 0.25) is 5.02 Å². The van der Waals surface area contributed by atoms with Crippen molar-refractivity contribution in [1.82, 2.24) is 15.2 Å². The largest absolute Gasteiger partial charge is 0.311 e. The molecule has 1 aliphatic heterocycles. The summed E-state index contributed by atoms with van der Waals surface area (Å²) in [6.07, 6.45) is 6.36. The molecule has 2 fully saturated rings. The van der Waals surface area contributed by atoms with Crippen molar-refractivity contribution in [1.29, 1.82) is 0 Å². The minimum atomic E-state index is 0.287. The zero-order valence-corrected chi connectivity index (χ0v) is 14.0. The van der Waals surface area contributed by atoms with Crippen molar-refractivity contribution in [2.75, 3.05) is 13.1 Å². The van der Waals surface area contributed by atoms with Gasteiger partial charge in [0.2, 0.25) is 0 Å². The highest BCUT2D eigenvalue weighted by atomic mass is 35.5. The summed E-state index contributed by atoms with van der Waals surface area (Å²) in [6, 6.07) is 3.25. The highest BCUT2D eigenvalue weighted by Crippen LogP contribution is 2.38. The van der Waals surface area contributed by atoms with E-state index in [1.54, 1.807) is 6.20 Å². The van der Waals surface area contributed by atoms with Crippen LogP contribution >= 0.6 is 11.6 Å². The molecule has 4 heteroatoms. The molecule has 0 aromatic carbocycles. The Morgan fingerprint density at radius 1 is 1.38 bits per heavy atom. The van der Waals surface area contributed by atoms with Crippen LogP contribution in [0.3, 0.4) is 0 Å². The minimum absolute atomic E-state index is 0.287. The monoisotopic (exact) mass is 307 g/mol. The van der Waals surface area contributed by atoms with E-state index >= 15 is 0 Å². The van der Waals surface area contributed by atoms with Gasteiger partial charge in [-0.15, -0.1) is 0 Å². The first-order chi connectivity index (χ1) is 9.95. The second-order valence-corrected chi connectivity index (χ2v) is 8.04.